The predicted molar refractivity (Wildman–Crippen MR) is 69.5 cm³/mol. The second kappa shape index (κ2) is 7.12. The Kier molecular flexibility index (Phi) is 5.77. The monoisotopic (exact) mass is 238 g/mol. The molecule has 0 aliphatic carbocycles. The molecule has 4 heteroatoms. The molecular weight excluding hydrogens is 216 g/mol. The van der Waals surface area contributed by atoms with Gasteiger partial charge in [-0.3, -0.25) is 0 Å². The van der Waals surface area contributed by atoms with E-state index in [1.807, 2.05) is 19.1 Å². The van der Waals surface area contributed by atoms with Crippen LogP contribution in [-0.2, 0) is 4.74 Å². The summed E-state index contributed by atoms with van der Waals surface area (Å²) in [7, 11) is 1.65. The summed E-state index contributed by atoms with van der Waals surface area (Å²) >= 11 is 0. The van der Waals surface area contributed by atoms with Crippen LogP contribution in [0.25, 0.3) is 0 Å². The lowest BCUT2D eigenvalue weighted by molar-refractivity contribution is 0.126. The van der Waals surface area contributed by atoms with E-state index in [0.29, 0.717) is 12.5 Å². The van der Waals surface area contributed by atoms with Crippen molar-refractivity contribution in [3.8, 4) is 5.75 Å². The highest BCUT2D eigenvalue weighted by Crippen LogP contribution is 2.22. The fourth-order valence-corrected chi connectivity index (χ4v) is 1.48. The minimum atomic E-state index is 0.235. The van der Waals surface area contributed by atoms with Gasteiger partial charge in [-0.05, 0) is 25.0 Å². The van der Waals surface area contributed by atoms with Crippen molar-refractivity contribution < 1.29 is 9.47 Å². The summed E-state index contributed by atoms with van der Waals surface area (Å²) in [4.78, 5) is 4.29. The SMILES string of the molecule is CCOCC(Nc1ncccc1OC)C(C)C. The normalized spacial score (nSPS) is 12.5. The van der Waals surface area contributed by atoms with Gasteiger partial charge in [0.1, 0.15) is 0 Å². The number of pyridine rings is 1. The Morgan fingerprint density at radius 3 is 2.76 bits per heavy atom. The number of nitrogens with zero attached hydrogens (tertiary/aromatic N) is 1. The van der Waals surface area contributed by atoms with Crippen LogP contribution < -0.4 is 10.1 Å². The smallest absolute Gasteiger partial charge is 0.169 e. The fourth-order valence-electron chi connectivity index (χ4n) is 1.48. The van der Waals surface area contributed by atoms with Crippen LogP contribution in [0, 0.1) is 5.92 Å². The van der Waals surface area contributed by atoms with Gasteiger partial charge >= 0.3 is 0 Å². The number of methoxy groups -OCH3 is 1. The molecule has 1 aromatic heterocycles. The molecule has 0 fully saturated rings. The van der Waals surface area contributed by atoms with Crippen molar-refractivity contribution >= 4 is 5.82 Å². The molecule has 0 saturated carbocycles. The van der Waals surface area contributed by atoms with Gasteiger partial charge in [-0.1, -0.05) is 13.8 Å². The van der Waals surface area contributed by atoms with E-state index in [1.165, 1.54) is 0 Å². The van der Waals surface area contributed by atoms with E-state index in [2.05, 4.69) is 24.1 Å². The van der Waals surface area contributed by atoms with Gasteiger partial charge in [0.2, 0.25) is 0 Å². The molecule has 0 spiro atoms. The lowest BCUT2D eigenvalue weighted by atomic mass is 10.1. The van der Waals surface area contributed by atoms with E-state index in [9.17, 15) is 0 Å². The zero-order valence-corrected chi connectivity index (χ0v) is 11.1. The maximum absolute atomic E-state index is 5.47. The summed E-state index contributed by atoms with van der Waals surface area (Å²) in [6.07, 6.45) is 1.75. The summed E-state index contributed by atoms with van der Waals surface area (Å²) in [5.74, 6) is 2.00. The summed E-state index contributed by atoms with van der Waals surface area (Å²) in [5, 5.41) is 3.37. The predicted octanol–water partition coefficient (Wildman–Crippen LogP) is 2.56. The molecule has 1 atom stereocenters. The average molecular weight is 238 g/mol. The van der Waals surface area contributed by atoms with Gasteiger partial charge < -0.3 is 14.8 Å². The van der Waals surface area contributed by atoms with Gasteiger partial charge in [0, 0.05) is 12.8 Å². The number of hydrogen-bond donors (Lipinski definition) is 1. The molecule has 0 aliphatic heterocycles. The van der Waals surface area contributed by atoms with E-state index in [4.69, 9.17) is 9.47 Å². The number of aromatic nitrogens is 1. The van der Waals surface area contributed by atoms with Crippen LogP contribution in [0.2, 0.25) is 0 Å². The molecule has 1 heterocycles. The quantitative estimate of drug-likeness (QED) is 0.793. The lowest BCUT2D eigenvalue weighted by Crippen LogP contribution is -2.31. The molecule has 4 nitrogen and oxygen atoms in total. The van der Waals surface area contributed by atoms with E-state index >= 15 is 0 Å². The van der Waals surface area contributed by atoms with Gasteiger partial charge in [-0.2, -0.15) is 0 Å². The number of rotatable bonds is 7. The van der Waals surface area contributed by atoms with Crippen molar-refractivity contribution in [3.63, 3.8) is 0 Å². The van der Waals surface area contributed by atoms with E-state index in [1.54, 1.807) is 13.3 Å². The van der Waals surface area contributed by atoms with Crippen molar-refractivity contribution in [3.05, 3.63) is 18.3 Å². The minimum Gasteiger partial charge on any atom is -0.493 e. The van der Waals surface area contributed by atoms with Gasteiger partial charge in [0.25, 0.3) is 0 Å². The Labute approximate surface area is 103 Å². The number of anilines is 1. The summed E-state index contributed by atoms with van der Waals surface area (Å²) in [5.41, 5.74) is 0. The number of nitrogens with one attached hydrogen (secondary N) is 1. The Bertz CT molecular complexity index is 329. The second-order valence-electron chi connectivity index (χ2n) is 4.21. The van der Waals surface area contributed by atoms with Crippen molar-refractivity contribution in [2.45, 2.75) is 26.8 Å². The molecule has 0 amide bonds. The summed E-state index contributed by atoms with van der Waals surface area (Å²) in [6, 6.07) is 3.99. The van der Waals surface area contributed by atoms with Crippen molar-refractivity contribution in [2.24, 2.45) is 5.92 Å². The maximum atomic E-state index is 5.47. The second-order valence-corrected chi connectivity index (χ2v) is 4.21. The van der Waals surface area contributed by atoms with Crippen molar-refractivity contribution in [2.75, 3.05) is 25.6 Å². The molecule has 1 N–H and O–H groups in total. The minimum absolute atomic E-state index is 0.235. The number of hydrogen-bond acceptors (Lipinski definition) is 4. The van der Waals surface area contributed by atoms with E-state index in [-0.39, 0.29) is 6.04 Å². The van der Waals surface area contributed by atoms with Crippen LogP contribution in [0.4, 0.5) is 5.82 Å². The van der Waals surface area contributed by atoms with Gasteiger partial charge in [0.05, 0.1) is 19.8 Å². The molecular formula is C13H22N2O2. The highest BCUT2D eigenvalue weighted by Gasteiger charge is 2.15. The molecule has 0 bridgehead atoms. The highest BCUT2D eigenvalue weighted by atomic mass is 16.5. The molecule has 1 aromatic rings. The Morgan fingerprint density at radius 2 is 2.18 bits per heavy atom. The Hall–Kier alpha value is -1.29. The van der Waals surface area contributed by atoms with E-state index < -0.39 is 0 Å². The summed E-state index contributed by atoms with van der Waals surface area (Å²) in [6.45, 7) is 7.72. The third kappa shape index (κ3) is 4.23. The van der Waals surface area contributed by atoms with Crippen LogP contribution >= 0.6 is 0 Å². The van der Waals surface area contributed by atoms with Crippen LogP contribution in [0.1, 0.15) is 20.8 Å². The molecule has 0 radical (unpaired) electrons. The topological polar surface area (TPSA) is 43.4 Å². The largest absolute Gasteiger partial charge is 0.493 e. The molecule has 17 heavy (non-hydrogen) atoms. The first-order valence-electron chi connectivity index (χ1n) is 6.02. The van der Waals surface area contributed by atoms with Crippen LogP contribution in [-0.4, -0.2) is 31.3 Å². The molecule has 1 unspecified atom stereocenters. The van der Waals surface area contributed by atoms with Crippen LogP contribution in [0.5, 0.6) is 5.75 Å². The van der Waals surface area contributed by atoms with Crippen LogP contribution in [0.3, 0.4) is 0 Å². The first-order valence-corrected chi connectivity index (χ1v) is 6.02. The third-order valence-corrected chi connectivity index (χ3v) is 2.62. The summed E-state index contributed by atoms with van der Waals surface area (Å²) < 4.78 is 10.7. The fraction of sp³-hybridized carbons (Fsp3) is 0.615. The zero-order chi connectivity index (χ0) is 12.7. The molecule has 0 aliphatic rings. The van der Waals surface area contributed by atoms with Gasteiger partial charge in [-0.15, -0.1) is 0 Å². The first-order chi connectivity index (χ1) is 8.19. The van der Waals surface area contributed by atoms with Gasteiger partial charge in [0.15, 0.2) is 11.6 Å². The zero-order valence-electron chi connectivity index (χ0n) is 11.1. The van der Waals surface area contributed by atoms with Crippen LogP contribution in [0.15, 0.2) is 18.3 Å². The van der Waals surface area contributed by atoms with Crippen molar-refractivity contribution in [1.29, 1.82) is 0 Å². The average Bonchev–Trinajstić information content (AvgIpc) is 2.34. The van der Waals surface area contributed by atoms with Gasteiger partial charge in [-0.25, -0.2) is 4.98 Å². The lowest BCUT2D eigenvalue weighted by Gasteiger charge is -2.23. The molecule has 0 saturated heterocycles. The molecule has 1 rings (SSSR count). The standard InChI is InChI=1S/C13H22N2O2/c1-5-17-9-11(10(2)3)15-13-12(16-4)7-6-8-14-13/h6-8,10-11H,5,9H2,1-4H3,(H,14,15). The molecule has 0 aromatic carbocycles. The van der Waals surface area contributed by atoms with Crippen molar-refractivity contribution in [1.82, 2.24) is 4.98 Å². The third-order valence-electron chi connectivity index (χ3n) is 2.62. The number of ether oxygens (including phenoxy) is 2. The molecule has 96 valence electrons. The maximum Gasteiger partial charge on any atom is 0.169 e. The highest BCUT2D eigenvalue weighted by molar-refractivity contribution is 5.50. The Balaban J connectivity index is 2.71. The first kappa shape index (κ1) is 13.8. The van der Waals surface area contributed by atoms with E-state index in [0.717, 1.165) is 18.2 Å². The Morgan fingerprint density at radius 1 is 1.41 bits per heavy atom.